The van der Waals surface area contributed by atoms with Crippen LogP contribution in [0.2, 0.25) is 0 Å². The van der Waals surface area contributed by atoms with Crippen molar-refractivity contribution in [3.8, 4) is 11.4 Å². The smallest absolute Gasteiger partial charge is 0.245 e. The van der Waals surface area contributed by atoms with E-state index in [1.807, 2.05) is 6.07 Å². The molecule has 5 nitrogen and oxygen atoms in total. The van der Waals surface area contributed by atoms with Crippen LogP contribution in [-0.2, 0) is 0 Å². The normalized spacial score (nSPS) is 18.2. The van der Waals surface area contributed by atoms with Crippen molar-refractivity contribution in [3.63, 3.8) is 0 Å². The Labute approximate surface area is 144 Å². The Morgan fingerprint density at radius 2 is 2.14 bits per heavy atom. The first-order valence-corrected chi connectivity index (χ1v) is 9.33. The van der Waals surface area contributed by atoms with Crippen molar-refractivity contribution in [1.29, 1.82) is 0 Å². The molecule has 3 rings (SSSR count). The van der Waals surface area contributed by atoms with Crippen molar-refractivity contribution in [3.05, 3.63) is 13.6 Å². The van der Waals surface area contributed by atoms with E-state index in [2.05, 4.69) is 58.9 Å². The Kier molecular flexibility index (Phi) is 4.68. The van der Waals surface area contributed by atoms with Crippen LogP contribution < -0.4 is 10.6 Å². The number of H-pyrrole nitrogens is 1. The number of nitrogens with two attached hydrogens (primary N) is 1. The Morgan fingerprint density at radius 3 is 2.71 bits per heavy atom. The van der Waals surface area contributed by atoms with E-state index in [4.69, 9.17) is 5.73 Å². The largest absolute Gasteiger partial charge is 0.340 e. The predicted octanol–water partition coefficient (Wildman–Crippen LogP) is 3.62. The zero-order chi connectivity index (χ0) is 15.0. The number of aromatic amines is 1. The third-order valence-electron chi connectivity index (χ3n) is 3.95. The molecule has 0 saturated carbocycles. The molecule has 2 aromatic heterocycles. The lowest BCUT2D eigenvalue weighted by Crippen LogP contribution is -2.40. The van der Waals surface area contributed by atoms with Crippen LogP contribution in [0.15, 0.2) is 13.6 Å². The van der Waals surface area contributed by atoms with Gasteiger partial charge in [-0.15, -0.1) is 16.4 Å². The number of anilines is 1. The Balaban J connectivity index is 1.73. The second kappa shape index (κ2) is 6.36. The summed E-state index contributed by atoms with van der Waals surface area (Å²) in [6, 6.07) is 2.32. The molecule has 1 fully saturated rings. The highest BCUT2D eigenvalue weighted by Gasteiger charge is 2.24. The van der Waals surface area contributed by atoms with Crippen LogP contribution in [0, 0.1) is 5.92 Å². The number of aromatic nitrogens is 3. The molecule has 0 amide bonds. The summed E-state index contributed by atoms with van der Waals surface area (Å²) in [5, 5.41) is 7.40. The summed E-state index contributed by atoms with van der Waals surface area (Å²) in [5.74, 6) is 2.19. The van der Waals surface area contributed by atoms with Crippen molar-refractivity contribution < 1.29 is 0 Å². The van der Waals surface area contributed by atoms with Crippen molar-refractivity contribution in [2.45, 2.75) is 25.8 Å². The third kappa shape index (κ3) is 3.33. The molecule has 1 aliphatic heterocycles. The van der Waals surface area contributed by atoms with Crippen LogP contribution in [-0.4, -0.2) is 34.3 Å². The summed E-state index contributed by atoms with van der Waals surface area (Å²) in [5.41, 5.74) is 7.02. The summed E-state index contributed by atoms with van der Waals surface area (Å²) in [6.45, 7) is 4.03. The molecule has 0 bridgehead atoms. The van der Waals surface area contributed by atoms with E-state index in [0.29, 0.717) is 5.92 Å². The monoisotopic (exact) mass is 433 g/mol. The van der Waals surface area contributed by atoms with Gasteiger partial charge in [0, 0.05) is 24.7 Å². The zero-order valence-electron chi connectivity index (χ0n) is 11.6. The fraction of sp³-hybridized carbons (Fsp3) is 0.538. The van der Waals surface area contributed by atoms with Gasteiger partial charge in [-0.1, -0.05) is 0 Å². The van der Waals surface area contributed by atoms with E-state index in [1.54, 1.807) is 11.3 Å². The van der Waals surface area contributed by atoms with Gasteiger partial charge in [-0.3, -0.25) is 5.10 Å². The number of piperidine rings is 1. The molecule has 1 atom stereocenters. The fourth-order valence-electron chi connectivity index (χ4n) is 2.64. The van der Waals surface area contributed by atoms with Gasteiger partial charge in [0.25, 0.3) is 0 Å². The second-order valence-corrected chi connectivity index (χ2v) is 9.15. The van der Waals surface area contributed by atoms with E-state index in [1.165, 1.54) is 0 Å². The highest BCUT2D eigenvalue weighted by atomic mass is 79.9. The van der Waals surface area contributed by atoms with Gasteiger partial charge >= 0.3 is 0 Å². The third-order valence-corrected chi connectivity index (χ3v) is 6.29. The van der Waals surface area contributed by atoms with Gasteiger partial charge < -0.3 is 10.6 Å². The number of rotatable bonds is 3. The standard InChI is InChI=1S/C13H17Br2N5S/c1-7(16)8-2-4-20(5-3-8)13-17-12(18-19-13)9-6-10(14)21-11(9)15/h6-8H,2-5,16H2,1H3,(H,17,18,19). The summed E-state index contributed by atoms with van der Waals surface area (Å²) >= 11 is 8.67. The number of hydrogen-bond acceptors (Lipinski definition) is 5. The molecule has 114 valence electrons. The van der Waals surface area contributed by atoms with Gasteiger partial charge in [-0.05, 0) is 63.6 Å². The van der Waals surface area contributed by atoms with Crippen molar-refractivity contribution in [2.24, 2.45) is 11.7 Å². The molecule has 2 aromatic rings. The van der Waals surface area contributed by atoms with E-state index < -0.39 is 0 Å². The average Bonchev–Trinajstić information content (AvgIpc) is 3.05. The lowest BCUT2D eigenvalue weighted by molar-refractivity contribution is 0.352. The molecule has 1 aliphatic rings. The number of hydrogen-bond donors (Lipinski definition) is 2. The van der Waals surface area contributed by atoms with Crippen LogP contribution in [0.25, 0.3) is 11.4 Å². The minimum Gasteiger partial charge on any atom is -0.340 e. The molecule has 3 N–H and O–H groups in total. The lowest BCUT2D eigenvalue weighted by Gasteiger charge is -2.32. The second-order valence-electron chi connectivity index (χ2n) is 5.41. The van der Waals surface area contributed by atoms with E-state index in [0.717, 1.165) is 50.8 Å². The van der Waals surface area contributed by atoms with Crippen LogP contribution in [0.4, 0.5) is 5.95 Å². The van der Waals surface area contributed by atoms with Gasteiger partial charge in [0.05, 0.1) is 7.57 Å². The minimum atomic E-state index is 0.272. The summed E-state index contributed by atoms with van der Waals surface area (Å²) in [4.78, 5) is 6.86. The Hall–Kier alpha value is -0.440. The van der Waals surface area contributed by atoms with Gasteiger partial charge in [0.2, 0.25) is 5.95 Å². The topological polar surface area (TPSA) is 70.8 Å². The first kappa shape index (κ1) is 15.5. The number of halogens is 2. The molecule has 21 heavy (non-hydrogen) atoms. The fourth-order valence-corrected chi connectivity index (χ4v) is 5.45. The average molecular weight is 435 g/mol. The maximum absolute atomic E-state index is 5.99. The summed E-state index contributed by atoms with van der Waals surface area (Å²) < 4.78 is 2.12. The first-order chi connectivity index (χ1) is 10.0. The maximum Gasteiger partial charge on any atom is 0.245 e. The van der Waals surface area contributed by atoms with E-state index in [9.17, 15) is 0 Å². The molecule has 0 aromatic carbocycles. The predicted molar refractivity (Wildman–Crippen MR) is 93.7 cm³/mol. The van der Waals surface area contributed by atoms with E-state index in [-0.39, 0.29) is 6.04 Å². The molecule has 3 heterocycles. The lowest BCUT2D eigenvalue weighted by atomic mass is 9.91. The van der Waals surface area contributed by atoms with Gasteiger partial charge in [0.1, 0.15) is 0 Å². The molecular formula is C13H17Br2N5S. The zero-order valence-corrected chi connectivity index (χ0v) is 15.6. The molecule has 0 spiro atoms. The van der Waals surface area contributed by atoms with Crippen molar-refractivity contribution in [1.82, 2.24) is 15.2 Å². The molecule has 0 aliphatic carbocycles. The number of nitrogens with one attached hydrogen (secondary N) is 1. The van der Waals surface area contributed by atoms with E-state index >= 15 is 0 Å². The van der Waals surface area contributed by atoms with Gasteiger partial charge in [-0.2, -0.15) is 4.98 Å². The van der Waals surface area contributed by atoms with Crippen LogP contribution in [0.3, 0.4) is 0 Å². The highest BCUT2D eigenvalue weighted by Crippen LogP contribution is 2.37. The highest BCUT2D eigenvalue weighted by molar-refractivity contribution is 9.12. The van der Waals surface area contributed by atoms with Crippen LogP contribution in [0.5, 0.6) is 0 Å². The van der Waals surface area contributed by atoms with Crippen LogP contribution in [0.1, 0.15) is 19.8 Å². The Morgan fingerprint density at radius 1 is 1.43 bits per heavy atom. The molecular weight excluding hydrogens is 418 g/mol. The van der Waals surface area contributed by atoms with Crippen molar-refractivity contribution >= 4 is 49.1 Å². The van der Waals surface area contributed by atoms with Crippen molar-refractivity contribution in [2.75, 3.05) is 18.0 Å². The maximum atomic E-state index is 5.99. The van der Waals surface area contributed by atoms with Gasteiger partial charge in [0.15, 0.2) is 5.82 Å². The molecule has 0 radical (unpaired) electrons. The molecule has 1 unspecified atom stereocenters. The Bertz CT molecular complexity index is 616. The SMILES string of the molecule is CC(N)C1CCN(c2n[nH]c(-c3cc(Br)sc3Br)n2)CC1. The van der Waals surface area contributed by atoms with Crippen LogP contribution >= 0.6 is 43.2 Å². The number of thiophene rings is 1. The quantitative estimate of drug-likeness (QED) is 0.773. The summed E-state index contributed by atoms with van der Waals surface area (Å²) in [6.07, 6.45) is 2.21. The van der Waals surface area contributed by atoms with Gasteiger partial charge in [-0.25, -0.2) is 0 Å². The summed E-state index contributed by atoms with van der Waals surface area (Å²) in [7, 11) is 0. The molecule has 8 heteroatoms. The minimum absolute atomic E-state index is 0.272. The number of nitrogens with zero attached hydrogens (tertiary/aromatic N) is 3. The first-order valence-electron chi connectivity index (χ1n) is 6.92. The molecule has 1 saturated heterocycles.